The Morgan fingerprint density at radius 1 is 1.25 bits per heavy atom. The van der Waals surface area contributed by atoms with E-state index in [2.05, 4.69) is 4.74 Å². The van der Waals surface area contributed by atoms with Crippen LogP contribution < -0.4 is 0 Å². The number of rotatable bonds is 5. The predicted octanol–water partition coefficient (Wildman–Crippen LogP) is 1.72. The fourth-order valence-electron chi connectivity index (χ4n) is 1.06. The Kier molecular flexibility index (Phi) is 4.79. The second-order valence-corrected chi connectivity index (χ2v) is 3.07. The highest BCUT2D eigenvalue weighted by atomic mass is 16.5. The molecule has 84 valence electrons. The molecule has 0 amide bonds. The zero-order chi connectivity index (χ0) is 11.8. The van der Waals surface area contributed by atoms with Crippen LogP contribution in [0, 0.1) is 0 Å². The molecule has 0 bridgehead atoms. The summed E-state index contributed by atoms with van der Waals surface area (Å²) in [7, 11) is 0. The van der Waals surface area contributed by atoms with E-state index in [1.807, 2.05) is 30.3 Å². The molecule has 4 nitrogen and oxygen atoms in total. The van der Waals surface area contributed by atoms with Crippen molar-refractivity contribution in [3.8, 4) is 0 Å². The van der Waals surface area contributed by atoms with Gasteiger partial charge in [-0.2, -0.15) is 0 Å². The third-order valence-electron chi connectivity index (χ3n) is 1.75. The molecule has 1 aromatic carbocycles. The average molecular weight is 220 g/mol. The van der Waals surface area contributed by atoms with Crippen molar-refractivity contribution in [2.45, 2.75) is 6.42 Å². The SMILES string of the molecule is O=C(O)CC(=O)OC/C=C/c1ccccc1. The van der Waals surface area contributed by atoms with E-state index in [-0.39, 0.29) is 6.61 Å². The van der Waals surface area contributed by atoms with Crippen molar-refractivity contribution in [1.82, 2.24) is 0 Å². The largest absolute Gasteiger partial charge is 0.481 e. The summed E-state index contributed by atoms with van der Waals surface area (Å²) in [5, 5.41) is 8.30. The lowest BCUT2D eigenvalue weighted by molar-refractivity contribution is -0.150. The Hall–Kier alpha value is -2.10. The number of carbonyl (C=O) groups is 2. The number of ether oxygens (including phenoxy) is 1. The van der Waals surface area contributed by atoms with Crippen LogP contribution in [0.1, 0.15) is 12.0 Å². The Morgan fingerprint density at radius 3 is 2.56 bits per heavy atom. The van der Waals surface area contributed by atoms with Gasteiger partial charge in [0.25, 0.3) is 0 Å². The van der Waals surface area contributed by atoms with Crippen LogP contribution >= 0.6 is 0 Å². The van der Waals surface area contributed by atoms with Gasteiger partial charge in [-0.15, -0.1) is 0 Å². The minimum atomic E-state index is -1.18. The number of aliphatic carboxylic acids is 1. The molecule has 0 heterocycles. The minimum Gasteiger partial charge on any atom is -0.481 e. The van der Waals surface area contributed by atoms with Gasteiger partial charge in [0.2, 0.25) is 0 Å². The third kappa shape index (κ3) is 4.95. The Labute approximate surface area is 93.2 Å². The molecule has 0 saturated heterocycles. The van der Waals surface area contributed by atoms with Crippen molar-refractivity contribution in [2.24, 2.45) is 0 Å². The first-order valence-electron chi connectivity index (χ1n) is 4.77. The van der Waals surface area contributed by atoms with Crippen molar-refractivity contribution >= 4 is 18.0 Å². The van der Waals surface area contributed by atoms with E-state index in [1.54, 1.807) is 12.2 Å². The van der Waals surface area contributed by atoms with Gasteiger partial charge in [-0.25, -0.2) is 0 Å². The number of carboxylic acid groups (broad SMARTS) is 1. The zero-order valence-corrected chi connectivity index (χ0v) is 8.63. The summed E-state index contributed by atoms with van der Waals surface area (Å²) in [6.07, 6.45) is 2.86. The molecular weight excluding hydrogens is 208 g/mol. The molecule has 0 aliphatic heterocycles. The van der Waals surface area contributed by atoms with Crippen molar-refractivity contribution < 1.29 is 19.4 Å². The molecule has 1 aromatic rings. The number of hydrogen-bond donors (Lipinski definition) is 1. The first kappa shape index (κ1) is 12.0. The fourth-order valence-corrected chi connectivity index (χ4v) is 1.06. The van der Waals surface area contributed by atoms with Crippen molar-refractivity contribution in [3.63, 3.8) is 0 Å². The van der Waals surface area contributed by atoms with Crippen LogP contribution in [0.4, 0.5) is 0 Å². The number of benzene rings is 1. The highest BCUT2D eigenvalue weighted by Gasteiger charge is 2.06. The van der Waals surface area contributed by atoms with E-state index in [0.717, 1.165) is 5.56 Å². The zero-order valence-electron chi connectivity index (χ0n) is 8.63. The Morgan fingerprint density at radius 2 is 1.94 bits per heavy atom. The van der Waals surface area contributed by atoms with E-state index < -0.39 is 18.4 Å². The van der Waals surface area contributed by atoms with Crippen molar-refractivity contribution in [1.29, 1.82) is 0 Å². The summed E-state index contributed by atoms with van der Waals surface area (Å²) in [6, 6.07) is 9.53. The highest BCUT2D eigenvalue weighted by Crippen LogP contribution is 2.00. The number of esters is 1. The normalized spacial score (nSPS) is 10.2. The molecule has 0 fully saturated rings. The quantitative estimate of drug-likeness (QED) is 0.606. The average Bonchev–Trinajstić information content (AvgIpc) is 2.25. The van der Waals surface area contributed by atoms with Crippen LogP contribution in [-0.2, 0) is 14.3 Å². The van der Waals surface area contributed by atoms with Gasteiger partial charge < -0.3 is 9.84 Å². The summed E-state index contributed by atoms with van der Waals surface area (Å²) in [6.45, 7) is 0.0843. The summed E-state index contributed by atoms with van der Waals surface area (Å²) in [4.78, 5) is 21.0. The molecular formula is C12H12O4. The second-order valence-electron chi connectivity index (χ2n) is 3.07. The van der Waals surface area contributed by atoms with E-state index in [9.17, 15) is 9.59 Å². The van der Waals surface area contributed by atoms with Gasteiger partial charge >= 0.3 is 11.9 Å². The molecule has 1 N–H and O–H groups in total. The van der Waals surface area contributed by atoms with Crippen LogP contribution in [0.5, 0.6) is 0 Å². The lowest BCUT2D eigenvalue weighted by atomic mass is 10.2. The molecule has 0 aliphatic carbocycles. The summed E-state index contributed by atoms with van der Waals surface area (Å²) < 4.78 is 4.67. The Balaban J connectivity index is 2.28. The molecule has 0 aliphatic rings. The molecule has 0 unspecified atom stereocenters. The van der Waals surface area contributed by atoms with Crippen LogP contribution in [0.15, 0.2) is 36.4 Å². The lowest BCUT2D eigenvalue weighted by Gasteiger charge is -1.98. The standard InChI is InChI=1S/C12H12O4/c13-11(14)9-12(15)16-8-4-7-10-5-2-1-3-6-10/h1-7H,8-9H2,(H,13,14)/b7-4+. The second kappa shape index (κ2) is 6.40. The van der Waals surface area contributed by atoms with Gasteiger partial charge in [-0.1, -0.05) is 36.4 Å². The first-order valence-corrected chi connectivity index (χ1v) is 4.77. The van der Waals surface area contributed by atoms with Crippen molar-refractivity contribution in [3.05, 3.63) is 42.0 Å². The molecule has 0 aromatic heterocycles. The maximum Gasteiger partial charge on any atom is 0.317 e. The smallest absolute Gasteiger partial charge is 0.317 e. The molecule has 4 heteroatoms. The predicted molar refractivity (Wildman–Crippen MR) is 58.7 cm³/mol. The number of hydrogen-bond acceptors (Lipinski definition) is 3. The molecule has 0 radical (unpaired) electrons. The number of carboxylic acids is 1. The van der Waals surface area contributed by atoms with Crippen LogP contribution in [0.3, 0.4) is 0 Å². The van der Waals surface area contributed by atoms with Crippen LogP contribution in [0.25, 0.3) is 6.08 Å². The van der Waals surface area contributed by atoms with Crippen LogP contribution in [0.2, 0.25) is 0 Å². The summed E-state index contributed by atoms with van der Waals surface area (Å²) in [5.74, 6) is -1.91. The lowest BCUT2D eigenvalue weighted by Crippen LogP contribution is -2.10. The minimum absolute atomic E-state index is 0.0843. The van der Waals surface area contributed by atoms with E-state index in [0.29, 0.717) is 0 Å². The molecule has 1 rings (SSSR count). The van der Waals surface area contributed by atoms with Gasteiger partial charge in [-0.3, -0.25) is 9.59 Å². The fraction of sp³-hybridized carbons (Fsp3) is 0.167. The van der Waals surface area contributed by atoms with Gasteiger partial charge in [0.1, 0.15) is 13.0 Å². The maximum absolute atomic E-state index is 10.8. The van der Waals surface area contributed by atoms with Crippen molar-refractivity contribution in [2.75, 3.05) is 6.61 Å². The topological polar surface area (TPSA) is 63.6 Å². The first-order chi connectivity index (χ1) is 7.68. The molecule has 0 spiro atoms. The molecule has 16 heavy (non-hydrogen) atoms. The third-order valence-corrected chi connectivity index (χ3v) is 1.75. The highest BCUT2D eigenvalue weighted by molar-refractivity contribution is 5.90. The summed E-state index contributed by atoms with van der Waals surface area (Å²) in [5.41, 5.74) is 0.997. The van der Waals surface area contributed by atoms with E-state index in [4.69, 9.17) is 5.11 Å². The van der Waals surface area contributed by atoms with Gasteiger partial charge in [0, 0.05) is 0 Å². The van der Waals surface area contributed by atoms with Gasteiger partial charge in [0.05, 0.1) is 0 Å². The maximum atomic E-state index is 10.8. The molecule has 0 saturated carbocycles. The summed E-state index contributed by atoms with van der Waals surface area (Å²) >= 11 is 0. The van der Waals surface area contributed by atoms with Crippen LogP contribution in [-0.4, -0.2) is 23.7 Å². The molecule has 0 atom stereocenters. The Bertz CT molecular complexity index is 381. The van der Waals surface area contributed by atoms with E-state index >= 15 is 0 Å². The van der Waals surface area contributed by atoms with E-state index in [1.165, 1.54) is 0 Å². The van der Waals surface area contributed by atoms with Gasteiger partial charge in [0.15, 0.2) is 0 Å². The number of carbonyl (C=O) groups excluding carboxylic acids is 1. The monoisotopic (exact) mass is 220 g/mol. The van der Waals surface area contributed by atoms with Gasteiger partial charge in [-0.05, 0) is 11.6 Å².